The summed E-state index contributed by atoms with van der Waals surface area (Å²) in [5.74, 6) is -0.183. The van der Waals surface area contributed by atoms with Crippen LogP contribution in [-0.2, 0) is 6.42 Å². The van der Waals surface area contributed by atoms with Crippen LogP contribution in [-0.4, -0.2) is 0 Å². The molecule has 0 fully saturated rings. The first kappa shape index (κ1) is 12.1. The minimum Gasteiger partial charge on any atom is -0.207 e. The normalized spacial score (nSPS) is 12.4. The third-order valence-electron chi connectivity index (χ3n) is 2.80. The average molecular weight is 249 g/mol. The maximum absolute atomic E-state index is 13.1. The largest absolute Gasteiger partial charge is 0.207 e. The van der Waals surface area contributed by atoms with Crippen molar-refractivity contribution in [3.63, 3.8) is 0 Å². The lowest BCUT2D eigenvalue weighted by Crippen LogP contribution is -1.97. The number of hydrogen-bond acceptors (Lipinski definition) is 0. The molecule has 1 unspecified atom stereocenters. The van der Waals surface area contributed by atoms with Crippen LogP contribution in [0, 0.1) is 12.7 Å². The van der Waals surface area contributed by atoms with E-state index in [2.05, 4.69) is 0 Å². The molecule has 0 aliphatic carbocycles. The van der Waals surface area contributed by atoms with Gasteiger partial charge in [-0.25, -0.2) is 4.39 Å². The van der Waals surface area contributed by atoms with Crippen molar-refractivity contribution in [1.82, 2.24) is 0 Å². The Hall–Kier alpha value is -1.34. The molecular weight excluding hydrogens is 235 g/mol. The summed E-state index contributed by atoms with van der Waals surface area (Å²) in [6.07, 6.45) is 0.757. The van der Waals surface area contributed by atoms with Crippen molar-refractivity contribution in [3.05, 3.63) is 71.0 Å². The van der Waals surface area contributed by atoms with Crippen LogP contribution >= 0.6 is 11.6 Å². The topological polar surface area (TPSA) is 0 Å². The number of aryl methyl sites for hydroxylation is 1. The molecule has 0 aliphatic rings. The second kappa shape index (κ2) is 5.33. The van der Waals surface area contributed by atoms with Crippen LogP contribution in [0.25, 0.3) is 0 Å². The van der Waals surface area contributed by atoms with Crippen molar-refractivity contribution in [2.24, 2.45) is 0 Å². The smallest absolute Gasteiger partial charge is 0.126 e. The summed E-state index contributed by atoms with van der Waals surface area (Å²) in [5, 5.41) is -0.114. The number of rotatable bonds is 3. The molecule has 88 valence electrons. The van der Waals surface area contributed by atoms with Crippen molar-refractivity contribution < 1.29 is 4.39 Å². The van der Waals surface area contributed by atoms with Gasteiger partial charge in [0.1, 0.15) is 5.82 Å². The van der Waals surface area contributed by atoms with E-state index in [-0.39, 0.29) is 11.2 Å². The summed E-state index contributed by atoms with van der Waals surface area (Å²) < 4.78 is 13.1. The predicted octanol–water partition coefficient (Wildman–Crippen LogP) is 4.66. The summed E-state index contributed by atoms with van der Waals surface area (Å²) in [6.45, 7) is 1.75. The Labute approximate surface area is 106 Å². The van der Waals surface area contributed by atoms with Gasteiger partial charge in [-0.3, -0.25) is 0 Å². The molecule has 0 amide bonds. The number of hydrogen-bond donors (Lipinski definition) is 0. The van der Waals surface area contributed by atoms with E-state index in [0.29, 0.717) is 5.56 Å². The average Bonchev–Trinajstić information content (AvgIpc) is 2.34. The highest BCUT2D eigenvalue weighted by Gasteiger charge is 2.10. The van der Waals surface area contributed by atoms with E-state index in [1.807, 2.05) is 36.4 Å². The highest BCUT2D eigenvalue weighted by Crippen LogP contribution is 2.26. The van der Waals surface area contributed by atoms with Gasteiger partial charge < -0.3 is 0 Å². The quantitative estimate of drug-likeness (QED) is 0.694. The van der Waals surface area contributed by atoms with Gasteiger partial charge in [-0.2, -0.15) is 0 Å². The van der Waals surface area contributed by atoms with Crippen molar-refractivity contribution >= 4 is 11.6 Å². The van der Waals surface area contributed by atoms with Crippen LogP contribution in [0.5, 0.6) is 0 Å². The molecule has 0 N–H and O–H groups in total. The van der Waals surface area contributed by atoms with Crippen molar-refractivity contribution in [3.8, 4) is 0 Å². The Kier molecular flexibility index (Phi) is 3.80. The summed E-state index contributed by atoms with van der Waals surface area (Å²) in [7, 11) is 0. The first-order chi connectivity index (χ1) is 8.16. The van der Waals surface area contributed by atoms with E-state index in [9.17, 15) is 4.39 Å². The van der Waals surface area contributed by atoms with Gasteiger partial charge in [0.05, 0.1) is 5.38 Å². The van der Waals surface area contributed by atoms with Crippen LogP contribution in [0.3, 0.4) is 0 Å². The summed E-state index contributed by atoms with van der Waals surface area (Å²) in [4.78, 5) is 0. The van der Waals surface area contributed by atoms with Crippen molar-refractivity contribution in [1.29, 1.82) is 0 Å². The molecule has 2 heteroatoms. The number of halogens is 2. The number of alkyl halides is 1. The maximum Gasteiger partial charge on any atom is 0.126 e. The molecule has 0 spiro atoms. The fourth-order valence-corrected chi connectivity index (χ4v) is 2.12. The first-order valence-corrected chi connectivity index (χ1v) is 6.04. The summed E-state index contributed by atoms with van der Waals surface area (Å²) in [5.41, 5.74) is 2.80. The monoisotopic (exact) mass is 248 g/mol. The molecule has 0 saturated carbocycles. The molecule has 0 nitrogen and oxygen atoms in total. The van der Waals surface area contributed by atoms with Gasteiger partial charge in [0, 0.05) is 0 Å². The second-order valence-electron chi connectivity index (χ2n) is 4.17. The lowest BCUT2D eigenvalue weighted by atomic mass is 10.0. The Morgan fingerprint density at radius 1 is 1.12 bits per heavy atom. The molecule has 0 heterocycles. The standard InChI is InChI=1S/C15H14ClF/c1-11-9-13(7-8-15(11)17)14(16)10-12-5-3-2-4-6-12/h2-9,14H,10H2,1H3. The SMILES string of the molecule is Cc1cc(C(Cl)Cc2ccccc2)ccc1F. The van der Waals surface area contributed by atoms with Crippen LogP contribution in [0.15, 0.2) is 48.5 Å². The van der Waals surface area contributed by atoms with Crippen LogP contribution in [0.2, 0.25) is 0 Å². The molecule has 0 aromatic heterocycles. The van der Waals surface area contributed by atoms with Gasteiger partial charge in [0.2, 0.25) is 0 Å². The van der Waals surface area contributed by atoms with Crippen LogP contribution in [0.4, 0.5) is 4.39 Å². The fourth-order valence-electron chi connectivity index (χ4n) is 1.80. The number of benzene rings is 2. The van der Waals surface area contributed by atoms with Crippen molar-refractivity contribution in [2.45, 2.75) is 18.7 Å². The van der Waals surface area contributed by atoms with Gasteiger partial charge in [0.15, 0.2) is 0 Å². The van der Waals surface area contributed by atoms with Gasteiger partial charge in [0.25, 0.3) is 0 Å². The molecule has 1 atom stereocenters. The minimum absolute atomic E-state index is 0.114. The Morgan fingerprint density at radius 3 is 2.47 bits per heavy atom. The van der Waals surface area contributed by atoms with Crippen LogP contribution < -0.4 is 0 Å². The maximum atomic E-state index is 13.1. The van der Waals surface area contributed by atoms with E-state index < -0.39 is 0 Å². The fraction of sp³-hybridized carbons (Fsp3) is 0.200. The lowest BCUT2D eigenvalue weighted by Gasteiger charge is -2.11. The summed E-state index contributed by atoms with van der Waals surface area (Å²) >= 11 is 6.34. The Balaban J connectivity index is 2.14. The molecule has 2 aromatic rings. The van der Waals surface area contributed by atoms with E-state index in [4.69, 9.17) is 11.6 Å². The van der Waals surface area contributed by atoms with Gasteiger partial charge >= 0.3 is 0 Å². The van der Waals surface area contributed by atoms with E-state index in [1.165, 1.54) is 11.6 Å². The Morgan fingerprint density at radius 2 is 1.82 bits per heavy atom. The highest BCUT2D eigenvalue weighted by atomic mass is 35.5. The highest BCUT2D eigenvalue weighted by molar-refractivity contribution is 6.20. The molecule has 0 aliphatic heterocycles. The molecule has 2 aromatic carbocycles. The molecule has 0 saturated heterocycles. The third-order valence-corrected chi connectivity index (χ3v) is 3.21. The van der Waals surface area contributed by atoms with Crippen LogP contribution in [0.1, 0.15) is 22.1 Å². The Bertz CT molecular complexity index is 494. The zero-order chi connectivity index (χ0) is 12.3. The zero-order valence-electron chi connectivity index (χ0n) is 9.66. The van der Waals surface area contributed by atoms with Crippen molar-refractivity contribution in [2.75, 3.05) is 0 Å². The van der Waals surface area contributed by atoms with E-state index in [1.54, 1.807) is 13.0 Å². The lowest BCUT2D eigenvalue weighted by molar-refractivity contribution is 0.617. The minimum atomic E-state index is -0.183. The molecule has 17 heavy (non-hydrogen) atoms. The van der Waals surface area contributed by atoms with Gasteiger partial charge in [-0.15, -0.1) is 11.6 Å². The van der Waals surface area contributed by atoms with E-state index in [0.717, 1.165) is 12.0 Å². The van der Waals surface area contributed by atoms with E-state index >= 15 is 0 Å². The molecule has 0 bridgehead atoms. The zero-order valence-corrected chi connectivity index (χ0v) is 10.4. The van der Waals surface area contributed by atoms with Gasteiger partial charge in [-0.1, -0.05) is 42.5 Å². The van der Waals surface area contributed by atoms with Gasteiger partial charge in [-0.05, 0) is 36.1 Å². The molecular formula is C15H14ClF. The summed E-state index contributed by atoms with van der Waals surface area (Å²) in [6, 6.07) is 15.1. The predicted molar refractivity (Wildman–Crippen MR) is 69.9 cm³/mol. The second-order valence-corrected chi connectivity index (χ2v) is 4.69. The third kappa shape index (κ3) is 3.07. The first-order valence-electron chi connectivity index (χ1n) is 5.61. The molecule has 0 radical (unpaired) electrons. The molecule has 2 rings (SSSR count).